The van der Waals surface area contributed by atoms with E-state index in [4.69, 9.17) is 10.8 Å². The SMILES string of the molecule is NC(CCc1cnc2ccccc2c1)CC(=O)O. The molecule has 1 aromatic carbocycles. The average Bonchev–Trinajstić information content (AvgIpc) is 2.35. The van der Waals surface area contributed by atoms with Gasteiger partial charge in [-0.3, -0.25) is 9.78 Å². The van der Waals surface area contributed by atoms with Crippen LogP contribution in [0.2, 0.25) is 0 Å². The zero-order valence-corrected chi connectivity index (χ0v) is 10.0. The van der Waals surface area contributed by atoms with Crippen LogP contribution in [-0.4, -0.2) is 22.1 Å². The summed E-state index contributed by atoms with van der Waals surface area (Å²) in [6, 6.07) is 9.70. The molecule has 0 saturated carbocycles. The van der Waals surface area contributed by atoms with E-state index in [1.165, 1.54) is 0 Å². The fourth-order valence-electron chi connectivity index (χ4n) is 1.93. The molecule has 0 aliphatic heterocycles. The minimum absolute atomic E-state index is 0.0149. The molecule has 1 atom stereocenters. The van der Waals surface area contributed by atoms with Crippen LogP contribution in [0.5, 0.6) is 0 Å². The molecule has 0 saturated heterocycles. The molecule has 4 heteroatoms. The third kappa shape index (κ3) is 3.28. The number of aliphatic carboxylic acids is 1. The van der Waals surface area contributed by atoms with E-state index >= 15 is 0 Å². The zero-order chi connectivity index (χ0) is 13.0. The first-order valence-corrected chi connectivity index (χ1v) is 5.96. The van der Waals surface area contributed by atoms with E-state index in [0.717, 1.165) is 22.9 Å². The van der Waals surface area contributed by atoms with Crippen LogP contribution in [0, 0.1) is 0 Å². The number of carboxylic acids is 1. The van der Waals surface area contributed by atoms with E-state index in [2.05, 4.69) is 11.1 Å². The molecule has 0 spiro atoms. The number of carbonyl (C=O) groups is 1. The number of pyridine rings is 1. The number of carboxylic acid groups (broad SMARTS) is 1. The molecule has 94 valence electrons. The summed E-state index contributed by atoms with van der Waals surface area (Å²) in [4.78, 5) is 14.9. The summed E-state index contributed by atoms with van der Waals surface area (Å²) in [6.07, 6.45) is 3.26. The van der Waals surface area contributed by atoms with Gasteiger partial charge in [0.15, 0.2) is 0 Å². The summed E-state index contributed by atoms with van der Waals surface area (Å²) < 4.78 is 0. The van der Waals surface area contributed by atoms with Gasteiger partial charge in [-0.1, -0.05) is 18.2 Å². The first kappa shape index (κ1) is 12.5. The smallest absolute Gasteiger partial charge is 0.304 e. The lowest BCUT2D eigenvalue weighted by molar-refractivity contribution is -0.137. The number of fused-ring (bicyclic) bond motifs is 1. The maximum Gasteiger partial charge on any atom is 0.304 e. The molecule has 18 heavy (non-hydrogen) atoms. The molecule has 3 N–H and O–H groups in total. The van der Waals surface area contributed by atoms with E-state index in [-0.39, 0.29) is 12.5 Å². The number of nitrogens with two attached hydrogens (primary N) is 1. The van der Waals surface area contributed by atoms with Crippen LogP contribution in [0.4, 0.5) is 0 Å². The zero-order valence-electron chi connectivity index (χ0n) is 10.0. The molecule has 0 amide bonds. The third-order valence-electron chi connectivity index (χ3n) is 2.89. The summed E-state index contributed by atoms with van der Waals surface area (Å²) in [5.74, 6) is -0.848. The van der Waals surface area contributed by atoms with Crippen LogP contribution >= 0.6 is 0 Å². The van der Waals surface area contributed by atoms with Crippen molar-refractivity contribution in [2.45, 2.75) is 25.3 Å². The summed E-state index contributed by atoms with van der Waals surface area (Å²) >= 11 is 0. The first-order chi connectivity index (χ1) is 8.65. The monoisotopic (exact) mass is 244 g/mol. The molecule has 2 aromatic rings. The average molecular weight is 244 g/mol. The molecule has 1 aromatic heterocycles. The van der Waals surface area contributed by atoms with Crippen molar-refractivity contribution >= 4 is 16.9 Å². The van der Waals surface area contributed by atoms with Gasteiger partial charge in [-0.25, -0.2) is 0 Å². The van der Waals surface area contributed by atoms with Gasteiger partial charge in [0.05, 0.1) is 11.9 Å². The molecular weight excluding hydrogens is 228 g/mol. The van der Waals surface area contributed by atoms with E-state index in [9.17, 15) is 4.79 Å². The lowest BCUT2D eigenvalue weighted by atomic mass is 10.0. The number of aryl methyl sites for hydroxylation is 1. The van der Waals surface area contributed by atoms with Crippen LogP contribution in [0.25, 0.3) is 10.9 Å². The fourth-order valence-corrected chi connectivity index (χ4v) is 1.93. The Labute approximate surface area is 105 Å². The second-order valence-corrected chi connectivity index (χ2v) is 4.43. The predicted octanol–water partition coefficient (Wildman–Crippen LogP) is 1.97. The second kappa shape index (κ2) is 5.60. The number of hydrogen-bond donors (Lipinski definition) is 2. The Morgan fingerprint density at radius 3 is 2.94 bits per heavy atom. The molecular formula is C14H16N2O2. The Bertz CT molecular complexity index is 554. The number of para-hydroxylation sites is 1. The highest BCUT2D eigenvalue weighted by molar-refractivity contribution is 5.78. The quantitative estimate of drug-likeness (QED) is 0.843. The van der Waals surface area contributed by atoms with E-state index in [1.54, 1.807) is 0 Å². The third-order valence-corrected chi connectivity index (χ3v) is 2.89. The molecule has 1 heterocycles. The van der Waals surface area contributed by atoms with Crippen LogP contribution in [-0.2, 0) is 11.2 Å². The van der Waals surface area contributed by atoms with Gasteiger partial charge in [0, 0.05) is 17.6 Å². The molecule has 0 aliphatic carbocycles. The van der Waals surface area contributed by atoms with E-state index in [1.807, 2.05) is 30.5 Å². The lowest BCUT2D eigenvalue weighted by Crippen LogP contribution is -2.24. The maximum absolute atomic E-state index is 10.5. The molecule has 1 unspecified atom stereocenters. The van der Waals surface area contributed by atoms with Crippen LogP contribution < -0.4 is 5.73 Å². The van der Waals surface area contributed by atoms with Gasteiger partial charge in [-0.2, -0.15) is 0 Å². The summed E-state index contributed by atoms with van der Waals surface area (Å²) in [7, 11) is 0. The van der Waals surface area contributed by atoms with Gasteiger partial charge in [-0.05, 0) is 30.5 Å². The van der Waals surface area contributed by atoms with Gasteiger partial charge in [0.25, 0.3) is 0 Å². The highest BCUT2D eigenvalue weighted by atomic mass is 16.4. The highest BCUT2D eigenvalue weighted by Gasteiger charge is 2.08. The van der Waals surface area contributed by atoms with Gasteiger partial charge in [-0.15, -0.1) is 0 Å². The lowest BCUT2D eigenvalue weighted by Gasteiger charge is -2.08. The van der Waals surface area contributed by atoms with Crippen molar-refractivity contribution in [2.75, 3.05) is 0 Å². The number of aromatic nitrogens is 1. The van der Waals surface area contributed by atoms with Crippen molar-refractivity contribution in [1.29, 1.82) is 0 Å². The van der Waals surface area contributed by atoms with Crippen molar-refractivity contribution in [3.8, 4) is 0 Å². The Morgan fingerprint density at radius 1 is 1.39 bits per heavy atom. The van der Waals surface area contributed by atoms with Crippen LogP contribution in [0.15, 0.2) is 36.5 Å². The summed E-state index contributed by atoms with van der Waals surface area (Å²) in [6.45, 7) is 0. The van der Waals surface area contributed by atoms with Crippen molar-refractivity contribution in [1.82, 2.24) is 4.98 Å². The van der Waals surface area contributed by atoms with Gasteiger partial charge in [0.2, 0.25) is 0 Å². The second-order valence-electron chi connectivity index (χ2n) is 4.43. The summed E-state index contributed by atoms with van der Waals surface area (Å²) in [5, 5.41) is 9.73. The van der Waals surface area contributed by atoms with Crippen molar-refractivity contribution in [3.63, 3.8) is 0 Å². The van der Waals surface area contributed by atoms with Crippen molar-refractivity contribution in [2.24, 2.45) is 5.73 Å². The van der Waals surface area contributed by atoms with Crippen molar-refractivity contribution in [3.05, 3.63) is 42.1 Å². The highest BCUT2D eigenvalue weighted by Crippen LogP contribution is 2.14. The number of hydrogen-bond acceptors (Lipinski definition) is 3. The largest absolute Gasteiger partial charge is 0.481 e. The van der Waals surface area contributed by atoms with E-state index < -0.39 is 5.97 Å². The maximum atomic E-state index is 10.5. The fraction of sp³-hybridized carbons (Fsp3) is 0.286. The Kier molecular flexibility index (Phi) is 3.89. The normalized spacial score (nSPS) is 12.5. The Hall–Kier alpha value is -1.94. The Balaban J connectivity index is 2.01. The van der Waals surface area contributed by atoms with Crippen LogP contribution in [0.1, 0.15) is 18.4 Å². The van der Waals surface area contributed by atoms with Gasteiger partial charge < -0.3 is 10.8 Å². The van der Waals surface area contributed by atoms with Gasteiger partial charge >= 0.3 is 5.97 Å². The Morgan fingerprint density at radius 2 is 2.17 bits per heavy atom. The molecule has 0 aliphatic rings. The minimum atomic E-state index is -0.848. The molecule has 2 rings (SSSR count). The predicted molar refractivity (Wildman–Crippen MR) is 70.3 cm³/mol. The van der Waals surface area contributed by atoms with E-state index in [0.29, 0.717) is 6.42 Å². The number of rotatable bonds is 5. The van der Waals surface area contributed by atoms with Gasteiger partial charge in [0.1, 0.15) is 0 Å². The standard InChI is InChI=1S/C14H16N2O2/c15-12(8-14(17)18)6-5-10-7-11-3-1-2-4-13(11)16-9-10/h1-4,7,9,12H,5-6,8,15H2,(H,17,18). The minimum Gasteiger partial charge on any atom is -0.481 e. The number of nitrogens with zero attached hydrogens (tertiary/aromatic N) is 1. The first-order valence-electron chi connectivity index (χ1n) is 5.96. The van der Waals surface area contributed by atoms with Crippen molar-refractivity contribution < 1.29 is 9.90 Å². The molecule has 0 radical (unpaired) electrons. The molecule has 0 bridgehead atoms. The van der Waals surface area contributed by atoms with Crippen LogP contribution in [0.3, 0.4) is 0 Å². The topological polar surface area (TPSA) is 76.2 Å². The molecule has 4 nitrogen and oxygen atoms in total. The summed E-state index contributed by atoms with van der Waals surface area (Å²) in [5.41, 5.74) is 7.79. The molecule has 0 fully saturated rings. The number of benzene rings is 1.